The van der Waals surface area contributed by atoms with Gasteiger partial charge in [0, 0.05) is 7.05 Å². The fourth-order valence-electron chi connectivity index (χ4n) is 0.387. The van der Waals surface area contributed by atoms with Crippen LogP contribution >= 0.6 is 0 Å². The lowest BCUT2D eigenvalue weighted by Gasteiger charge is -1.96. The van der Waals surface area contributed by atoms with Crippen LogP contribution in [0.15, 0.2) is 10.3 Å². The molecule has 0 fully saturated rings. The third-order valence-electron chi connectivity index (χ3n) is 0.740. The van der Waals surface area contributed by atoms with Gasteiger partial charge < -0.3 is 0 Å². The Kier molecular flexibility index (Phi) is 0.742. The molecule has 0 aromatic carbocycles. The summed E-state index contributed by atoms with van der Waals surface area (Å²) >= 11 is 0. The van der Waals surface area contributed by atoms with Gasteiger partial charge in [-0.3, -0.25) is 5.01 Å². The highest BCUT2D eigenvalue weighted by Crippen LogP contribution is 1.92. The van der Waals surface area contributed by atoms with E-state index in [1.807, 2.05) is 12.1 Å². The third-order valence-corrected chi connectivity index (χ3v) is 0.740. The first-order chi connectivity index (χ1) is 2.89. The van der Waals surface area contributed by atoms with Gasteiger partial charge in [-0.1, -0.05) is 5.22 Å². The van der Waals surface area contributed by atoms with Crippen LogP contribution in [0.3, 0.4) is 0 Å². The zero-order valence-corrected chi connectivity index (χ0v) is 3.76. The molecule has 3 nitrogen and oxygen atoms in total. The second kappa shape index (κ2) is 1.24. The molecule has 3 heteroatoms. The molecule has 34 valence electrons. The lowest BCUT2D eigenvalue weighted by Crippen LogP contribution is -2.06. The lowest BCUT2D eigenvalue weighted by molar-refractivity contribution is 0.395. The molecule has 0 aliphatic carbocycles. The van der Waals surface area contributed by atoms with Crippen molar-refractivity contribution >= 4 is 0 Å². The molecule has 1 rings (SSSR count). The van der Waals surface area contributed by atoms with Gasteiger partial charge in [0.05, 0.1) is 13.1 Å². The first-order valence-corrected chi connectivity index (χ1v) is 1.98. The maximum Gasteiger partial charge on any atom is 0.0812 e. The number of rotatable bonds is 0. The van der Waals surface area contributed by atoms with Gasteiger partial charge in [-0.2, -0.15) is 5.11 Å². The van der Waals surface area contributed by atoms with E-state index in [-0.39, 0.29) is 0 Å². The van der Waals surface area contributed by atoms with Gasteiger partial charge in [0.1, 0.15) is 0 Å². The van der Waals surface area contributed by atoms with E-state index >= 15 is 0 Å². The average Bonchev–Trinajstić information content (AvgIpc) is 1.86. The summed E-state index contributed by atoms with van der Waals surface area (Å²) in [4.78, 5) is 0. The number of nitrogens with zero attached hydrogens (tertiary/aromatic N) is 3. The Morgan fingerprint density at radius 3 is 2.67 bits per heavy atom. The Labute approximate surface area is 36.6 Å². The molecule has 0 saturated carbocycles. The van der Waals surface area contributed by atoms with Crippen molar-refractivity contribution in [2.45, 2.75) is 0 Å². The fraction of sp³-hybridized carbons (Fsp3) is 1.00. The molecule has 6 heavy (non-hydrogen) atoms. The van der Waals surface area contributed by atoms with E-state index in [1.165, 1.54) is 0 Å². The van der Waals surface area contributed by atoms with Crippen molar-refractivity contribution in [3.8, 4) is 0 Å². The second-order valence-corrected chi connectivity index (χ2v) is 1.34. The molecule has 0 unspecified atom stereocenters. The van der Waals surface area contributed by atoms with Crippen molar-refractivity contribution in [1.82, 2.24) is 5.01 Å². The lowest BCUT2D eigenvalue weighted by atomic mass is 10.7. The third kappa shape index (κ3) is 0.478. The van der Waals surface area contributed by atoms with Crippen LogP contribution in [0, 0.1) is 0 Å². The zero-order valence-electron chi connectivity index (χ0n) is 3.76. The maximum atomic E-state index is 3.72. The van der Waals surface area contributed by atoms with Gasteiger partial charge in [0.15, 0.2) is 0 Å². The quantitative estimate of drug-likeness (QED) is 0.415. The van der Waals surface area contributed by atoms with Crippen LogP contribution in [0.1, 0.15) is 0 Å². The molecule has 1 aliphatic heterocycles. The molecule has 0 aromatic rings. The summed E-state index contributed by atoms with van der Waals surface area (Å²) in [5, 5.41) is 9.23. The smallest absolute Gasteiger partial charge is 0.0812 e. The van der Waals surface area contributed by atoms with Gasteiger partial charge >= 0.3 is 0 Å². The Bertz CT molecular complexity index is 68.4. The molecule has 0 N–H and O–H groups in total. The van der Waals surface area contributed by atoms with Gasteiger partial charge in [-0.25, -0.2) is 0 Å². The van der Waals surface area contributed by atoms with Crippen LogP contribution in [0.4, 0.5) is 0 Å². The summed E-state index contributed by atoms with van der Waals surface area (Å²) in [6.07, 6.45) is 0. The van der Waals surface area contributed by atoms with Crippen molar-refractivity contribution in [2.75, 3.05) is 20.1 Å². The van der Waals surface area contributed by atoms with E-state index in [0.717, 1.165) is 13.1 Å². The minimum absolute atomic E-state index is 0.872. The molecule has 0 bridgehead atoms. The summed E-state index contributed by atoms with van der Waals surface area (Å²) in [5.74, 6) is 0. The predicted molar refractivity (Wildman–Crippen MR) is 22.4 cm³/mol. The number of likely N-dealkylation sites (N-methyl/N-ethyl adjacent to an activating group) is 1. The van der Waals surface area contributed by atoms with Crippen molar-refractivity contribution in [2.24, 2.45) is 10.3 Å². The molecule has 0 amide bonds. The Hall–Kier alpha value is -0.600. The molecule has 0 radical (unpaired) electrons. The fourth-order valence-corrected chi connectivity index (χ4v) is 0.387. The standard InChI is InChI=1S/C3H7N3/c1-6-3-2-4-5-6/h2-3H2,1H3. The minimum Gasteiger partial charge on any atom is -0.280 e. The Morgan fingerprint density at radius 1 is 1.67 bits per heavy atom. The van der Waals surface area contributed by atoms with E-state index in [2.05, 4.69) is 10.3 Å². The second-order valence-electron chi connectivity index (χ2n) is 1.34. The molecule has 1 heterocycles. The first kappa shape index (κ1) is 3.59. The minimum atomic E-state index is 0.872. The molecule has 1 aliphatic rings. The molecular formula is C3H7N3. The Morgan fingerprint density at radius 2 is 2.50 bits per heavy atom. The van der Waals surface area contributed by atoms with Crippen LogP contribution in [0.2, 0.25) is 0 Å². The van der Waals surface area contributed by atoms with E-state index in [0.29, 0.717) is 0 Å². The van der Waals surface area contributed by atoms with Gasteiger partial charge in [-0.15, -0.1) is 0 Å². The van der Waals surface area contributed by atoms with Crippen LogP contribution in [0.25, 0.3) is 0 Å². The summed E-state index contributed by atoms with van der Waals surface area (Å²) in [5.41, 5.74) is 0. The van der Waals surface area contributed by atoms with Crippen molar-refractivity contribution in [1.29, 1.82) is 0 Å². The highest BCUT2D eigenvalue weighted by molar-refractivity contribution is 4.49. The SMILES string of the molecule is CN1CCN=N1. The molecule has 0 atom stereocenters. The molecule has 0 aromatic heterocycles. The van der Waals surface area contributed by atoms with Gasteiger partial charge in [0.25, 0.3) is 0 Å². The average molecular weight is 85.1 g/mol. The molecular weight excluding hydrogens is 78.1 g/mol. The van der Waals surface area contributed by atoms with E-state index in [4.69, 9.17) is 0 Å². The maximum absolute atomic E-state index is 3.72. The molecule has 0 spiro atoms. The zero-order chi connectivity index (χ0) is 4.41. The molecule has 0 saturated heterocycles. The van der Waals surface area contributed by atoms with Crippen LogP contribution < -0.4 is 0 Å². The summed E-state index contributed by atoms with van der Waals surface area (Å²) < 4.78 is 0. The normalized spacial score (nSPS) is 19.8. The first-order valence-electron chi connectivity index (χ1n) is 1.98. The van der Waals surface area contributed by atoms with E-state index in [9.17, 15) is 0 Å². The largest absolute Gasteiger partial charge is 0.280 e. The van der Waals surface area contributed by atoms with Crippen LogP contribution in [-0.4, -0.2) is 25.1 Å². The van der Waals surface area contributed by atoms with Crippen molar-refractivity contribution in [3.63, 3.8) is 0 Å². The predicted octanol–water partition coefficient (Wildman–Crippen LogP) is 0.299. The summed E-state index contributed by atoms with van der Waals surface area (Å²) in [6, 6.07) is 0. The van der Waals surface area contributed by atoms with Crippen molar-refractivity contribution < 1.29 is 0 Å². The Balaban J connectivity index is 2.38. The van der Waals surface area contributed by atoms with Crippen LogP contribution in [0.5, 0.6) is 0 Å². The number of hydrogen-bond donors (Lipinski definition) is 0. The highest BCUT2D eigenvalue weighted by Gasteiger charge is 1.96. The topological polar surface area (TPSA) is 28.0 Å². The highest BCUT2D eigenvalue weighted by atomic mass is 15.6. The van der Waals surface area contributed by atoms with Crippen molar-refractivity contribution in [3.05, 3.63) is 0 Å². The van der Waals surface area contributed by atoms with E-state index < -0.39 is 0 Å². The summed E-state index contributed by atoms with van der Waals surface area (Å²) in [6.45, 7) is 1.86. The number of hydrogen-bond acceptors (Lipinski definition) is 3. The van der Waals surface area contributed by atoms with Gasteiger partial charge in [0.2, 0.25) is 0 Å². The van der Waals surface area contributed by atoms with E-state index in [1.54, 1.807) is 0 Å². The van der Waals surface area contributed by atoms with Crippen LogP contribution in [-0.2, 0) is 0 Å². The monoisotopic (exact) mass is 85.1 g/mol. The summed E-state index contributed by atoms with van der Waals surface area (Å²) in [7, 11) is 1.91. The van der Waals surface area contributed by atoms with Gasteiger partial charge in [-0.05, 0) is 0 Å².